The van der Waals surface area contributed by atoms with Gasteiger partial charge in [0.15, 0.2) is 0 Å². The fourth-order valence-electron chi connectivity index (χ4n) is 9.39. The first-order chi connectivity index (χ1) is 48.4. The van der Waals surface area contributed by atoms with Crippen molar-refractivity contribution in [3.05, 3.63) is 325 Å². The molecule has 5 aromatic heterocycles. The minimum atomic E-state index is -1.71. The molecule has 8 aromatic carbocycles. The fourth-order valence-corrected chi connectivity index (χ4v) is 9.39. The number of hydrogen-bond donors (Lipinski definition) is 6. The summed E-state index contributed by atoms with van der Waals surface area (Å²) in [7, 11) is 0. The van der Waals surface area contributed by atoms with Crippen LogP contribution in [-0.4, -0.2) is 103 Å². The quantitative estimate of drug-likeness (QED) is 0.0561. The molecule has 0 bridgehead atoms. The Morgan fingerprint density at radius 1 is 0.330 bits per heavy atom. The summed E-state index contributed by atoms with van der Waals surface area (Å²) >= 11 is 0. The van der Waals surface area contributed by atoms with Crippen LogP contribution in [-0.2, 0) is 19.3 Å². The summed E-state index contributed by atoms with van der Waals surface area (Å²) in [6, 6.07) is 55.5. The first-order valence-electron chi connectivity index (χ1n) is 30.0. The number of nitro groups is 6. The molecular formula is C69H66N14O20. The molecule has 532 valence electrons. The van der Waals surface area contributed by atoms with E-state index in [1.54, 1.807) is 0 Å². The fraction of sp³-hybridized carbons (Fsp3) is 0.0870. The van der Waals surface area contributed by atoms with E-state index in [0.29, 0.717) is 54.6 Å². The molecule has 0 atom stereocenters. The smallest absolute Gasteiger partial charge is 0.276 e. The molecule has 103 heavy (non-hydrogen) atoms. The molecule has 0 amide bonds. The van der Waals surface area contributed by atoms with Crippen LogP contribution in [0.15, 0.2) is 231 Å². The lowest BCUT2D eigenvalue weighted by Crippen LogP contribution is -2.51. The summed E-state index contributed by atoms with van der Waals surface area (Å²) in [5.74, 6) is -5.12. The maximum absolute atomic E-state index is 10.4. The Morgan fingerprint density at radius 3 is 0.777 bits per heavy atom. The van der Waals surface area contributed by atoms with Gasteiger partial charge < -0.3 is 72.8 Å². The highest BCUT2D eigenvalue weighted by molar-refractivity contribution is 5.90. The predicted molar refractivity (Wildman–Crippen MR) is 372 cm³/mol. The number of nitro benzene ring substituents is 6. The van der Waals surface area contributed by atoms with Crippen LogP contribution in [0.25, 0.3) is 54.5 Å². The van der Waals surface area contributed by atoms with E-state index in [0.717, 1.165) is 49.9 Å². The van der Waals surface area contributed by atoms with Gasteiger partial charge in [0.2, 0.25) is 0 Å². The number of nitrogens with one attached hydrogen (secondary N) is 3. The molecule has 0 saturated carbocycles. The van der Waals surface area contributed by atoms with Crippen molar-refractivity contribution < 1.29 is 87.4 Å². The third kappa shape index (κ3) is 24.4. The monoisotopic (exact) mass is 1410 g/mol. The number of aromatic nitrogens is 5. The first-order valence-corrected chi connectivity index (χ1v) is 30.0. The Labute approximate surface area is 580 Å². The number of carbonyl (C=O) groups excluding carboxylic acids is 3. The number of benzene rings is 8. The number of fused-ring (bicyclic) bond motifs is 5. The molecule has 0 aliphatic carbocycles. The van der Waals surface area contributed by atoms with Crippen LogP contribution in [0.2, 0.25) is 0 Å². The van der Waals surface area contributed by atoms with Gasteiger partial charge in [-0.15, -0.1) is 0 Å². The number of aromatic amines is 3. The lowest BCUT2D eigenvalue weighted by molar-refractivity contribution is -0.394. The number of hydrogen-bond acceptors (Lipinski definition) is 20. The van der Waals surface area contributed by atoms with Crippen LogP contribution in [0.4, 0.5) is 34.1 Å². The van der Waals surface area contributed by atoms with Crippen molar-refractivity contribution in [1.29, 1.82) is 0 Å². The summed E-state index contributed by atoms with van der Waals surface area (Å²) in [6.07, 6.45) is 13.0. The summed E-state index contributed by atoms with van der Waals surface area (Å²) in [5, 5.41) is 99.5. The van der Waals surface area contributed by atoms with Crippen LogP contribution in [0.3, 0.4) is 0 Å². The third-order valence-corrected chi connectivity index (χ3v) is 14.1. The van der Waals surface area contributed by atoms with E-state index < -0.39 is 98.3 Å². The number of para-hydroxylation sites is 5. The second-order valence-electron chi connectivity index (χ2n) is 20.9. The van der Waals surface area contributed by atoms with Gasteiger partial charge in [0.25, 0.3) is 34.1 Å². The number of rotatable bonds is 15. The van der Waals surface area contributed by atoms with E-state index in [4.69, 9.17) is 0 Å². The number of non-ortho nitro benzene ring substituents is 6. The lowest BCUT2D eigenvalue weighted by Gasteiger charge is -2.01. The van der Waals surface area contributed by atoms with Crippen LogP contribution >= 0.6 is 0 Å². The number of carboxylic acids is 3. The van der Waals surface area contributed by atoms with Crippen molar-refractivity contribution in [3.8, 4) is 0 Å². The molecular weight excluding hydrogens is 1340 g/mol. The van der Waals surface area contributed by atoms with Crippen LogP contribution in [0.5, 0.6) is 0 Å². The van der Waals surface area contributed by atoms with Crippen molar-refractivity contribution in [3.63, 3.8) is 0 Å². The van der Waals surface area contributed by atoms with E-state index in [1.165, 1.54) is 60.2 Å². The van der Waals surface area contributed by atoms with E-state index in [2.05, 4.69) is 140 Å². The maximum atomic E-state index is 10.4. The number of pyridine rings is 2. The number of carbonyl (C=O) groups is 3. The molecule has 34 heteroatoms. The van der Waals surface area contributed by atoms with E-state index in [9.17, 15) is 90.4 Å². The van der Waals surface area contributed by atoms with Crippen molar-refractivity contribution in [1.82, 2.24) is 24.9 Å². The average molecular weight is 1410 g/mol. The van der Waals surface area contributed by atoms with Crippen LogP contribution in [0, 0.1) is 60.7 Å². The zero-order valence-electron chi connectivity index (χ0n) is 54.2. The van der Waals surface area contributed by atoms with Crippen molar-refractivity contribution >= 4 is 107 Å². The Hall–Kier alpha value is -14.2. The number of carboxylic acid groups (broad SMARTS) is 3. The number of quaternary nitrogens is 3. The van der Waals surface area contributed by atoms with Gasteiger partial charge in [0.1, 0.15) is 0 Å². The standard InChI is InChI=1S/3C10H12N2.2C9H7N.3C7H4N2O6.2H2O/c3*11-6-5-8-7-12-10-4-2-1-3-9(8)10;2*1-2-6-9-8(4-1)5-3-7-10-9;3*10-7(11)4-1-5(8(12)13)3-6(2-4)9(14)15;;/h3*1-4,7,12H,5-6,11H2;2*1-7H;3*1-3H,(H,10,11);2*1H2. The normalized spacial score (nSPS) is 9.89. The minimum absolute atomic E-state index is 0. The summed E-state index contributed by atoms with van der Waals surface area (Å²) in [4.78, 5) is 106. The molecule has 16 N–H and O–H groups in total. The highest BCUT2D eigenvalue weighted by atomic mass is 16.6. The van der Waals surface area contributed by atoms with Gasteiger partial charge in [-0.1, -0.05) is 103 Å². The second kappa shape index (κ2) is 40.5. The third-order valence-electron chi connectivity index (χ3n) is 14.1. The Bertz CT molecular complexity index is 4260. The van der Waals surface area contributed by atoms with E-state index in [1.807, 2.05) is 79.1 Å². The zero-order chi connectivity index (χ0) is 73.5. The molecule has 0 radical (unpaired) electrons. The number of aromatic carboxylic acids is 3. The lowest BCUT2D eigenvalue weighted by atomic mass is 10.1. The molecule has 0 saturated heterocycles. The molecule has 5 heterocycles. The van der Waals surface area contributed by atoms with Crippen LogP contribution < -0.4 is 32.5 Å². The molecule has 13 aromatic rings. The zero-order valence-corrected chi connectivity index (χ0v) is 54.2. The van der Waals surface area contributed by atoms with Gasteiger partial charge in [-0.2, -0.15) is 0 Å². The largest absolute Gasteiger partial charge is 0.545 e. The molecule has 0 fully saturated rings. The predicted octanol–water partition coefficient (Wildman–Crippen LogP) is 5.28. The Kier molecular flexibility index (Phi) is 32.0. The first kappa shape index (κ1) is 81.2. The van der Waals surface area contributed by atoms with Crippen molar-refractivity contribution in [2.75, 3.05) is 19.6 Å². The van der Waals surface area contributed by atoms with Gasteiger partial charge in [-0.05, 0) is 59.2 Å². The van der Waals surface area contributed by atoms with Gasteiger partial charge in [-0.3, -0.25) is 70.7 Å². The second-order valence-corrected chi connectivity index (χ2v) is 20.9. The molecule has 0 aliphatic rings. The Morgan fingerprint density at radius 2 is 0.553 bits per heavy atom. The minimum Gasteiger partial charge on any atom is -0.545 e. The number of nitrogens with zero attached hydrogens (tertiary/aromatic N) is 8. The van der Waals surface area contributed by atoms with Gasteiger partial charge in [-0.25, -0.2) is 0 Å². The van der Waals surface area contributed by atoms with Gasteiger partial charge in [0.05, 0.1) is 96.3 Å². The van der Waals surface area contributed by atoms with Gasteiger partial charge in [0, 0.05) is 147 Å². The average Bonchev–Trinajstić information content (AvgIpc) is 1.79. The van der Waals surface area contributed by atoms with Gasteiger partial charge >= 0.3 is 0 Å². The maximum Gasteiger partial charge on any atom is 0.276 e. The molecule has 13 rings (SSSR count). The molecule has 0 aliphatic heterocycles. The van der Waals surface area contributed by atoms with E-state index in [-0.39, 0.29) is 11.0 Å². The molecule has 34 nitrogen and oxygen atoms in total. The van der Waals surface area contributed by atoms with Crippen LogP contribution in [0.1, 0.15) is 47.8 Å². The topological polar surface area (TPSA) is 598 Å². The molecule has 0 unspecified atom stereocenters. The summed E-state index contributed by atoms with van der Waals surface area (Å²) in [6.45, 7) is 2.88. The summed E-state index contributed by atoms with van der Waals surface area (Å²) < 4.78 is 0. The van der Waals surface area contributed by atoms with Crippen molar-refractivity contribution in [2.24, 2.45) is 0 Å². The Balaban J connectivity index is 0.000000249. The van der Waals surface area contributed by atoms with Crippen molar-refractivity contribution in [2.45, 2.75) is 19.3 Å². The highest BCUT2D eigenvalue weighted by Gasteiger charge is 2.19. The molecule has 0 spiro atoms. The summed E-state index contributed by atoms with van der Waals surface area (Å²) in [5.41, 5.74) is 15.7. The SMILES string of the molecule is O.O.O=C([O-])c1cc([N+](=O)[O-])cc([N+](=O)[O-])c1.O=C([O-])c1cc([N+](=O)[O-])cc([N+](=O)[O-])c1.O=C([O-])c1cc([N+](=O)[O-])cc([N+](=O)[O-])c1.[NH3+]CCc1c[nH]c2ccccc12.[NH3+]CCc1c[nH]c2ccccc12.[NH3+]CCc1c[nH]c2ccccc12.c1ccc2ncccc2c1.c1ccc2ncccc2c1. The number of H-pyrrole nitrogens is 3. The highest BCUT2D eigenvalue weighted by Crippen LogP contribution is 2.26. The van der Waals surface area contributed by atoms with E-state index >= 15 is 0 Å².